The minimum atomic E-state index is -2.35. The number of nitrogens with two attached hydrogens (primary N) is 1. The van der Waals surface area contributed by atoms with Crippen molar-refractivity contribution in [1.29, 1.82) is 0 Å². The number of aliphatic hydroxyl groups excluding tert-OH is 9. The molecule has 18 heteroatoms. The molecule has 65 heavy (non-hydrogen) atoms. The molecule has 3 aliphatic heterocycles. The second-order valence-corrected chi connectivity index (χ2v) is 17.8. The van der Waals surface area contributed by atoms with Crippen LogP contribution in [0.15, 0.2) is 72.9 Å². The number of cyclic esters (lactones) is 1. The first-order valence-electron chi connectivity index (χ1n) is 22.6. The minimum absolute atomic E-state index is 0.138. The number of esters is 1. The molecule has 0 spiro atoms. The Balaban J connectivity index is 1.84. The molecule has 18 nitrogen and oxygen atoms in total. The lowest BCUT2D eigenvalue weighted by atomic mass is 9.82. The molecule has 2 saturated heterocycles. The Morgan fingerprint density at radius 2 is 1.28 bits per heavy atom. The van der Waals surface area contributed by atoms with Gasteiger partial charge in [0, 0.05) is 31.1 Å². The molecule has 370 valence electrons. The van der Waals surface area contributed by atoms with Crippen molar-refractivity contribution >= 4 is 11.9 Å². The Kier molecular flexibility index (Phi) is 23.8. The number of carbonyl (C=O) groups excluding carboxylic acids is 1. The van der Waals surface area contributed by atoms with Crippen molar-refractivity contribution < 1.29 is 84.7 Å². The molecule has 0 aromatic heterocycles. The van der Waals surface area contributed by atoms with E-state index in [0.29, 0.717) is 0 Å². The van der Waals surface area contributed by atoms with E-state index < -0.39 is 141 Å². The third-order valence-corrected chi connectivity index (χ3v) is 12.2. The summed E-state index contributed by atoms with van der Waals surface area (Å²) in [7, 11) is 0. The Bertz CT molecular complexity index is 1620. The summed E-state index contributed by atoms with van der Waals surface area (Å²) >= 11 is 0. The van der Waals surface area contributed by atoms with Gasteiger partial charge in [0.15, 0.2) is 12.1 Å². The molecular weight excluding hydrogens is 851 g/mol. The van der Waals surface area contributed by atoms with Gasteiger partial charge in [-0.3, -0.25) is 9.59 Å². The maximum Gasteiger partial charge on any atom is 0.311 e. The number of hydrogen-bond donors (Lipinski definition) is 12. The van der Waals surface area contributed by atoms with Gasteiger partial charge in [0.25, 0.3) is 0 Å². The smallest absolute Gasteiger partial charge is 0.311 e. The standard InChI is InChI=1S/C47H75NO17/c1-27-17-15-13-11-9-7-5-6-8-10-12-14-16-18-34(64-46-44(58)41(48)43(57)30(4)63-46)24-38-40(45(59)60)37(54)26-47(61,65-38)25-36(53)35(52)20-19-31(49)21-32(50)22-33(51)23-39(55)62-29(3)28(2)42(27)56/h5-6,8,10-18,27-38,40-44,46,49-54,56-58,61H,7,9,19-26,48H2,1-4H3,(H,59,60)/b6-5+,10-8+,13-11-,14-12+,17-15+,18-16+/t27-,28?,29-,30+,31?,32?,33?,34?,35?,36?,37?,38?,40?,41-,42+,43+,44-,46?,47+/m0/s1. The van der Waals surface area contributed by atoms with E-state index in [9.17, 15) is 65.8 Å². The molecule has 13 N–H and O–H groups in total. The number of ether oxygens (including phenoxy) is 4. The fraction of sp³-hybridized carbons (Fsp3) is 0.702. The SMILES string of the molecule is CC1[C@H](C)OC(=O)CC(O)CC(O)CC(O)CCC(O)C(O)C[C@]2(O)CC(O)C(C(=O)O)C(CC(OC3O[C@H](C)[C@@H](O)[C@H](N)[C@@H]3O)/C=C/C=C/C=C/C=C/CC/C=C\C=C\[C@H](C)[C@H]1O)O2. The molecule has 3 rings (SSSR count). The van der Waals surface area contributed by atoms with Crippen molar-refractivity contribution in [2.75, 3.05) is 0 Å². The van der Waals surface area contributed by atoms with Crippen LogP contribution in [0.1, 0.15) is 91.9 Å². The van der Waals surface area contributed by atoms with Gasteiger partial charge in [0.2, 0.25) is 0 Å². The van der Waals surface area contributed by atoms with Gasteiger partial charge in [0.1, 0.15) is 18.1 Å². The fourth-order valence-electron chi connectivity index (χ4n) is 8.11. The van der Waals surface area contributed by atoms with E-state index in [2.05, 4.69) is 0 Å². The van der Waals surface area contributed by atoms with Crippen LogP contribution in [-0.2, 0) is 28.5 Å². The number of carboxylic acid groups (broad SMARTS) is 1. The van der Waals surface area contributed by atoms with Crippen LogP contribution >= 0.6 is 0 Å². The molecule has 0 aromatic carbocycles. The summed E-state index contributed by atoms with van der Waals surface area (Å²) in [5, 5.41) is 118. The van der Waals surface area contributed by atoms with Crippen molar-refractivity contribution in [3.63, 3.8) is 0 Å². The first-order valence-corrected chi connectivity index (χ1v) is 22.6. The zero-order valence-corrected chi connectivity index (χ0v) is 37.8. The molecule has 0 saturated carbocycles. The van der Waals surface area contributed by atoms with Crippen molar-refractivity contribution in [2.24, 2.45) is 23.5 Å². The zero-order valence-electron chi connectivity index (χ0n) is 37.8. The highest BCUT2D eigenvalue weighted by molar-refractivity contribution is 5.71. The minimum Gasteiger partial charge on any atom is -0.481 e. The number of fused-ring (bicyclic) bond motifs is 2. The average Bonchev–Trinajstić information content (AvgIpc) is 3.21. The van der Waals surface area contributed by atoms with Gasteiger partial charge in [-0.1, -0.05) is 86.8 Å². The van der Waals surface area contributed by atoms with Crippen molar-refractivity contribution in [1.82, 2.24) is 0 Å². The molecule has 2 fully saturated rings. The molecular formula is C47H75NO17. The first-order chi connectivity index (χ1) is 30.6. The van der Waals surface area contributed by atoms with Crippen LogP contribution in [0.25, 0.3) is 0 Å². The molecule has 3 aliphatic rings. The number of hydrogen-bond acceptors (Lipinski definition) is 17. The maximum atomic E-state index is 12.6. The largest absolute Gasteiger partial charge is 0.481 e. The second kappa shape index (κ2) is 27.6. The summed E-state index contributed by atoms with van der Waals surface area (Å²) in [5.74, 6) is -6.82. The van der Waals surface area contributed by atoms with Gasteiger partial charge in [0.05, 0.1) is 79.6 Å². The predicted molar refractivity (Wildman–Crippen MR) is 237 cm³/mol. The fourth-order valence-corrected chi connectivity index (χ4v) is 8.11. The summed E-state index contributed by atoms with van der Waals surface area (Å²) in [4.78, 5) is 25.1. The van der Waals surface area contributed by atoms with Gasteiger partial charge < -0.3 is 80.9 Å². The monoisotopic (exact) mass is 926 g/mol. The number of carboxylic acids is 1. The Morgan fingerprint density at radius 1 is 0.692 bits per heavy atom. The van der Waals surface area contributed by atoms with Crippen LogP contribution < -0.4 is 5.73 Å². The molecule has 0 radical (unpaired) electrons. The number of allylic oxidation sites excluding steroid dienone is 10. The number of aliphatic hydroxyl groups is 10. The van der Waals surface area contributed by atoms with Gasteiger partial charge >= 0.3 is 11.9 Å². The van der Waals surface area contributed by atoms with Gasteiger partial charge in [-0.25, -0.2) is 0 Å². The summed E-state index contributed by atoms with van der Waals surface area (Å²) in [6, 6.07) is -1.14. The van der Waals surface area contributed by atoms with Crippen LogP contribution in [0.4, 0.5) is 0 Å². The normalized spacial score (nSPS) is 45.2. The topological polar surface area (TPSA) is 320 Å². The van der Waals surface area contributed by atoms with E-state index in [0.717, 1.165) is 12.8 Å². The van der Waals surface area contributed by atoms with Crippen molar-refractivity contribution in [3.05, 3.63) is 72.9 Å². The van der Waals surface area contributed by atoms with Crippen LogP contribution in [0.2, 0.25) is 0 Å². The molecule has 0 aliphatic carbocycles. The lowest BCUT2D eigenvalue weighted by Gasteiger charge is -2.45. The third-order valence-electron chi connectivity index (χ3n) is 12.2. The lowest BCUT2D eigenvalue weighted by Crippen LogP contribution is -2.61. The highest BCUT2D eigenvalue weighted by Crippen LogP contribution is 2.38. The van der Waals surface area contributed by atoms with E-state index in [1.165, 1.54) is 13.0 Å². The summed E-state index contributed by atoms with van der Waals surface area (Å²) in [5.41, 5.74) is 6.02. The van der Waals surface area contributed by atoms with Crippen LogP contribution in [-0.4, -0.2) is 166 Å². The quantitative estimate of drug-likeness (QED) is 0.175. The van der Waals surface area contributed by atoms with Crippen LogP contribution in [0.5, 0.6) is 0 Å². The van der Waals surface area contributed by atoms with Crippen molar-refractivity contribution in [3.8, 4) is 0 Å². The van der Waals surface area contributed by atoms with Crippen LogP contribution in [0, 0.1) is 17.8 Å². The van der Waals surface area contributed by atoms with Gasteiger partial charge in [-0.15, -0.1) is 0 Å². The molecule has 0 aromatic rings. The molecule has 0 amide bonds. The van der Waals surface area contributed by atoms with Gasteiger partial charge in [-0.2, -0.15) is 0 Å². The second-order valence-electron chi connectivity index (χ2n) is 17.8. The molecule has 11 unspecified atom stereocenters. The Hall–Kier alpha value is -3.18. The van der Waals surface area contributed by atoms with E-state index in [1.54, 1.807) is 38.2 Å². The first kappa shape index (κ1) is 56.1. The third kappa shape index (κ3) is 18.8. The van der Waals surface area contributed by atoms with E-state index in [-0.39, 0.29) is 38.0 Å². The summed E-state index contributed by atoms with van der Waals surface area (Å²) < 4.78 is 23.2. The zero-order chi connectivity index (χ0) is 48.4. The summed E-state index contributed by atoms with van der Waals surface area (Å²) in [6.45, 7) is 6.78. The number of aliphatic carboxylic acids is 1. The predicted octanol–water partition coefficient (Wildman–Crippen LogP) is 0.936. The van der Waals surface area contributed by atoms with Crippen molar-refractivity contribution in [2.45, 2.75) is 189 Å². The highest BCUT2D eigenvalue weighted by Gasteiger charge is 2.51. The number of rotatable bonds is 3. The van der Waals surface area contributed by atoms with E-state index in [1.807, 2.05) is 49.5 Å². The molecule has 2 bridgehead atoms. The Morgan fingerprint density at radius 3 is 1.94 bits per heavy atom. The Labute approximate surface area is 381 Å². The lowest BCUT2D eigenvalue weighted by molar-refractivity contribution is -0.310. The van der Waals surface area contributed by atoms with E-state index >= 15 is 0 Å². The number of carbonyl (C=O) groups is 2. The van der Waals surface area contributed by atoms with E-state index in [4.69, 9.17) is 24.7 Å². The van der Waals surface area contributed by atoms with Gasteiger partial charge in [-0.05, 0) is 52.4 Å². The molecule has 3 heterocycles. The molecule has 19 atom stereocenters. The summed E-state index contributed by atoms with van der Waals surface area (Å²) in [6.07, 6.45) is 2.28. The highest BCUT2D eigenvalue weighted by atomic mass is 16.7. The average molecular weight is 926 g/mol. The maximum absolute atomic E-state index is 12.6. The van der Waals surface area contributed by atoms with Crippen LogP contribution in [0.3, 0.4) is 0 Å².